The van der Waals surface area contributed by atoms with E-state index < -0.39 is 32.1 Å². The molecule has 1 fully saturated rings. The van der Waals surface area contributed by atoms with E-state index >= 15 is 0 Å². The second kappa shape index (κ2) is 10.0. The third-order valence-corrected chi connectivity index (χ3v) is 10.0. The number of hydrogen-bond acceptors (Lipinski definition) is 6. The molecule has 4 rings (SSSR count). The molecule has 0 radical (unpaired) electrons. The summed E-state index contributed by atoms with van der Waals surface area (Å²) in [6, 6.07) is 15.5. The van der Waals surface area contributed by atoms with E-state index in [0.717, 1.165) is 20.1 Å². The molecule has 1 unspecified atom stereocenters. The first kappa shape index (κ1) is 25.8. The van der Waals surface area contributed by atoms with Crippen LogP contribution in [0.4, 0.5) is 0 Å². The third kappa shape index (κ3) is 4.90. The lowest BCUT2D eigenvalue weighted by Crippen LogP contribution is -2.54. The molecule has 0 aromatic heterocycles. The van der Waals surface area contributed by atoms with E-state index in [-0.39, 0.29) is 46.0 Å². The maximum absolute atomic E-state index is 13.6. The molecule has 186 valence electrons. The highest BCUT2D eigenvalue weighted by molar-refractivity contribution is 7.90. The van der Waals surface area contributed by atoms with Gasteiger partial charge in [-0.3, -0.25) is 4.79 Å². The van der Waals surface area contributed by atoms with Crippen LogP contribution in [0.5, 0.6) is 0 Å². The summed E-state index contributed by atoms with van der Waals surface area (Å²) >= 11 is 11.9. The molecule has 1 atom stereocenters. The molecule has 0 aliphatic carbocycles. The first-order valence-corrected chi connectivity index (χ1v) is 14.2. The van der Waals surface area contributed by atoms with Crippen molar-refractivity contribution in [2.45, 2.75) is 16.0 Å². The lowest BCUT2D eigenvalue weighted by Gasteiger charge is -2.28. The Bertz CT molecular complexity index is 1500. The summed E-state index contributed by atoms with van der Waals surface area (Å²) in [7, 11) is -8.57. The van der Waals surface area contributed by atoms with E-state index in [1.807, 2.05) is 12.1 Å². The molecule has 1 heterocycles. The molecule has 1 saturated heterocycles. The Morgan fingerprint density at radius 1 is 0.857 bits per heavy atom. The normalized spacial score (nSPS) is 17.6. The Labute approximate surface area is 213 Å². The largest absolute Gasteiger partial charge is 0.352 e. The zero-order valence-electron chi connectivity index (χ0n) is 18.3. The van der Waals surface area contributed by atoms with Gasteiger partial charge < -0.3 is 11.1 Å². The maximum atomic E-state index is 13.6. The lowest BCUT2D eigenvalue weighted by molar-refractivity contribution is -0.126. The summed E-state index contributed by atoms with van der Waals surface area (Å²) in [5.74, 6) is -0.805. The fourth-order valence-corrected chi connectivity index (χ4v) is 7.45. The van der Waals surface area contributed by atoms with Gasteiger partial charge in [-0.2, -0.15) is 8.61 Å². The number of nitrogens with one attached hydrogen (secondary N) is 1. The van der Waals surface area contributed by atoms with Crippen molar-refractivity contribution in [3.63, 3.8) is 0 Å². The molecule has 13 heteroatoms. The smallest absolute Gasteiger partial charge is 0.254 e. The number of benzene rings is 3. The maximum Gasteiger partial charge on any atom is 0.254 e. The zero-order valence-corrected chi connectivity index (χ0v) is 21.4. The minimum atomic E-state index is -4.32. The lowest BCUT2D eigenvalue weighted by atomic mass is 10.1. The number of nitrogens with two attached hydrogens (primary N) is 1. The van der Waals surface area contributed by atoms with Crippen molar-refractivity contribution < 1.29 is 21.6 Å². The van der Waals surface area contributed by atoms with E-state index in [1.54, 1.807) is 18.2 Å². The van der Waals surface area contributed by atoms with Crippen molar-refractivity contribution in [1.29, 1.82) is 0 Å². The van der Waals surface area contributed by atoms with Crippen LogP contribution in [0, 0.1) is 0 Å². The SMILES string of the molecule is NCCNC(=O)C1N(S(=O)(=O)c2ccc(Cl)c(Cl)c2)CCN1S(=O)(=O)c1ccc2ccccc2c1. The number of carbonyl (C=O) groups excluding carboxylic acids is 1. The van der Waals surface area contributed by atoms with Gasteiger partial charge in [0.25, 0.3) is 5.91 Å². The van der Waals surface area contributed by atoms with Crippen molar-refractivity contribution >= 4 is 59.9 Å². The molecule has 0 bridgehead atoms. The Balaban J connectivity index is 1.77. The van der Waals surface area contributed by atoms with E-state index in [9.17, 15) is 21.6 Å². The Morgan fingerprint density at radius 3 is 2.03 bits per heavy atom. The Hall–Kier alpha value is -2.25. The molecular formula is C22H22Cl2N4O5S2. The van der Waals surface area contributed by atoms with Crippen molar-refractivity contribution in [1.82, 2.24) is 13.9 Å². The summed E-state index contributed by atoms with van der Waals surface area (Å²) in [6.45, 7) is -0.332. The summed E-state index contributed by atoms with van der Waals surface area (Å²) in [4.78, 5) is 12.8. The van der Waals surface area contributed by atoms with Gasteiger partial charge in [0.05, 0.1) is 19.8 Å². The van der Waals surface area contributed by atoms with Gasteiger partial charge in [0, 0.05) is 26.2 Å². The summed E-state index contributed by atoms with van der Waals surface area (Å²) in [5.41, 5.74) is 5.48. The molecule has 1 amide bonds. The fourth-order valence-electron chi connectivity index (χ4n) is 3.87. The van der Waals surface area contributed by atoms with Gasteiger partial charge >= 0.3 is 0 Å². The topological polar surface area (TPSA) is 130 Å². The minimum absolute atomic E-state index is 0.0108. The van der Waals surface area contributed by atoms with Gasteiger partial charge in [0.1, 0.15) is 0 Å². The monoisotopic (exact) mass is 556 g/mol. The van der Waals surface area contributed by atoms with Crippen LogP contribution in [0.1, 0.15) is 0 Å². The van der Waals surface area contributed by atoms with E-state index in [2.05, 4.69) is 5.32 Å². The number of nitrogens with zero attached hydrogens (tertiary/aromatic N) is 2. The number of amides is 1. The molecule has 0 spiro atoms. The summed E-state index contributed by atoms with van der Waals surface area (Å²) in [5, 5.41) is 4.21. The molecule has 3 aromatic carbocycles. The molecule has 1 aliphatic rings. The highest BCUT2D eigenvalue weighted by Gasteiger charge is 2.49. The molecule has 35 heavy (non-hydrogen) atoms. The van der Waals surface area contributed by atoms with E-state index in [4.69, 9.17) is 28.9 Å². The second-order valence-electron chi connectivity index (χ2n) is 7.77. The van der Waals surface area contributed by atoms with Crippen LogP contribution in [0.2, 0.25) is 10.0 Å². The van der Waals surface area contributed by atoms with Crippen molar-refractivity contribution in [3.8, 4) is 0 Å². The van der Waals surface area contributed by atoms with Gasteiger partial charge in [-0.1, -0.05) is 53.5 Å². The van der Waals surface area contributed by atoms with Crippen LogP contribution < -0.4 is 11.1 Å². The number of rotatable bonds is 7. The number of carbonyl (C=O) groups is 1. The van der Waals surface area contributed by atoms with Crippen LogP contribution in [-0.2, 0) is 24.8 Å². The highest BCUT2D eigenvalue weighted by atomic mass is 35.5. The van der Waals surface area contributed by atoms with Crippen LogP contribution in [0.15, 0.2) is 70.5 Å². The van der Waals surface area contributed by atoms with Gasteiger partial charge in [-0.05, 0) is 41.1 Å². The van der Waals surface area contributed by atoms with Crippen molar-refractivity contribution in [2.24, 2.45) is 5.73 Å². The van der Waals surface area contributed by atoms with Gasteiger partial charge in [0.2, 0.25) is 20.0 Å². The number of hydrogen-bond donors (Lipinski definition) is 2. The van der Waals surface area contributed by atoms with Gasteiger partial charge in [0.15, 0.2) is 6.17 Å². The van der Waals surface area contributed by atoms with Crippen LogP contribution >= 0.6 is 23.2 Å². The molecular weight excluding hydrogens is 535 g/mol. The molecule has 3 N–H and O–H groups in total. The summed E-state index contributed by atoms with van der Waals surface area (Å²) < 4.78 is 55.9. The summed E-state index contributed by atoms with van der Waals surface area (Å²) in [6.07, 6.45) is -1.66. The van der Waals surface area contributed by atoms with E-state index in [0.29, 0.717) is 5.39 Å². The molecule has 9 nitrogen and oxygen atoms in total. The van der Waals surface area contributed by atoms with Gasteiger partial charge in [-0.15, -0.1) is 0 Å². The Kier molecular flexibility index (Phi) is 7.39. The van der Waals surface area contributed by atoms with Crippen LogP contribution in [0.3, 0.4) is 0 Å². The number of sulfonamides is 2. The van der Waals surface area contributed by atoms with Crippen LogP contribution in [-0.4, -0.2) is 63.7 Å². The highest BCUT2D eigenvalue weighted by Crippen LogP contribution is 2.32. The minimum Gasteiger partial charge on any atom is -0.352 e. The predicted molar refractivity (Wildman–Crippen MR) is 134 cm³/mol. The average molecular weight is 557 g/mol. The second-order valence-corrected chi connectivity index (χ2v) is 12.4. The Morgan fingerprint density at radius 2 is 1.43 bits per heavy atom. The predicted octanol–water partition coefficient (Wildman–Crippen LogP) is 2.24. The fraction of sp³-hybridized carbons (Fsp3) is 0.227. The average Bonchev–Trinajstić information content (AvgIpc) is 3.31. The number of halogens is 2. The van der Waals surface area contributed by atoms with Gasteiger partial charge in [-0.25, -0.2) is 16.8 Å². The standard InChI is InChI=1S/C22H22Cl2N4O5S2/c23-19-8-7-18(14-20(19)24)35(32,33)28-12-11-27(22(28)21(29)26-10-9-25)34(30,31)17-6-5-15-3-1-2-4-16(15)13-17/h1-8,13-14,22H,9-12,25H2,(H,26,29). The first-order valence-electron chi connectivity index (χ1n) is 10.5. The third-order valence-electron chi connectivity index (χ3n) is 5.59. The quantitative estimate of drug-likeness (QED) is 0.459. The molecule has 1 aliphatic heterocycles. The van der Waals surface area contributed by atoms with Crippen molar-refractivity contribution in [2.75, 3.05) is 26.2 Å². The first-order chi connectivity index (χ1) is 16.6. The van der Waals surface area contributed by atoms with Crippen LogP contribution in [0.25, 0.3) is 10.8 Å². The molecule has 0 saturated carbocycles. The molecule has 3 aromatic rings. The zero-order chi connectivity index (χ0) is 25.4. The van der Waals surface area contributed by atoms with Crippen molar-refractivity contribution in [3.05, 3.63) is 70.7 Å². The van der Waals surface area contributed by atoms with E-state index in [1.165, 1.54) is 24.3 Å². The number of fused-ring (bicyclic) bond motifs is 1.